The minimum absolute atomic E-state index is 0.0792. The number of rotatable bonds is 8. The number of nitrogens with one attached hydrogen (secondary N) is 1. The van der Waals surface area contributed by atoms with Crippen LogP contribution in [0.1, 0.15) is 91.0 Å². The first-order chi connectivity index (χ1) is 26.3. The molecular weight excluding hydrogens is 702 g/mol. The molecule has 3 heterocycles. The summed E-state index contributed by atoms with van der Waals surface area (Å²) in [6, 6.07) is 4.22. The summed E-state index contributed by atoms with van der Waals surface area (Å²) in [6.45, 7) is 10.0. The van der Waals surface area contributed by atoms with Crippen molar-refractivity contribution in [3.63, 3.8) is 0 Å². The van der Waals surface area contributed by atoms with Crippen molar-refractivity contribution in [3.05, 3.63) is 41.5 Å². The van der Waals surface area contributed by atoms with Crippen molar-refractivity contribution in [3.8, 4) is 11.5 Å². The summed E-state index contributed by atoms with van der Waals surface area (Å²) in [5, 5.41) is 34.8. The number of carbonyl (C=O) groups excluding carboxylic acids is 1. The first-order valence-electron chi connectivity index (χ1n) is 20.8. The van der Waals surface area contributed by atoms with Crippen molar-refractivity contribution in [1.82, 2.24) is 5.32 Å². The lowest BCUT2D eigenvalue weighted by molar-refractivity contribution is -0.284. The molecule has 0 aromatic heterocycles. The number of aliphatic hydroxyl groups excluding tert-OH is 3. The zero-order chi connectivity index (χ0) is 38.9. The molecule has 3 saturated heterocycles. The zero-order valence-electron chi connectivity index (χ0n) is 33.4. The van der Waals surface area contributed by atoms with Crippen LogP contribution in [0.3, 0.4) is 0 Å². The Morgan fingerprint density at radius 1 is 1.04 bits per heavy atom. The van der Waals surface area contributed by atoms with Crippen LogP contribution in [0.25, 0.3) is 6.08 Å². The van der Waals surface area contributed by atoms with Crippen LogP contribution in [0.15, 0.2) is 35.9 Å². The van der Waals surface area contributed by atoms with Crippen molar-refractivity contribution < 1.29 is 48.5 Å². The van der Waals surface area contributed by atoms with Gasteiger partial charge in [0.25, 0.3) is 0 Å². The Balaban J connectivity index is 0.946. The number of fused-ring (bicyclic) bond motifs is 7. The van der Waals surface area contributed by atoms with Crippen LogP contribution in [0, 0.1) is 46.3 Å². The molecule has 6 fully saturated rings. The van der Waals surface area contributed by atoms with E-state index < -0.39 is 48.9 Å². The summed E-state index contributed by atoms with van der Waals surface area (Å²) in [5.41, 5.74) is 2.44. The molecule has 1 spiro atoms. The van der Waals surface area contributed by atoms with Crippen LogP contribution in [0.4, 0.5) is 0 Å². The first-order valence-corrected chi connectivity index (χ1v) is 20.8. The predicted octanol–water partition coefficient (Wildman–Crippen LogP) is 5.39. The standard InChI is InChI=1S/C44H63NO10/c1-24-13-18-44(52-23-24)25(2)37-34(55-44)21-32-30-11-9-27-19-29(14-16-42(27,3)31(30)15-17-43(32,37)4)53-41-38(40(49)39(48)35(22-46)54-41)45-36(47)12-8-26-7-10-28(50-5)20-33(26)51-6/h7-10,12,20,24-25,29-32,34-35,37-41,46,48-49H,11,13-19,21-23H2,1-6H3,(H,45,47)/b12-8+/t24?,25-,29-,30+,31-,32-,34-,35+,37-,38+,39+,40+,41+,42-,43-,44+/m0/s1. The number of hydrogen-bond acceptors (Lipinski definition) is 10. The molecule has 3 saturated carbocycles. The van der Waals surface area contributed by atoms with E-state index in [1.54, 1.807) is 38.5 Å². The van der Waals surface area contributed by atoms with Gasteiger partial charge >= 0.3 is 0 Å². The molecule has 4 aliphatic carbocycles. The number of methoxy groups -OCH3 is 2. The maximum Gasteiger partial charge on any atom is 0.244 e. The van der Waals surface area contributed by atoms with Crippen LogP contribution in [0.2, 0.25) is 0 Å². The Kier molecular flexibility index (Phi) is 10.7. The second kappa shape index (κ2) is 15.0. The van der Waals surface area contributed by atoms with E-state index in [0.717, 1.165) is 45.1 Å². The molecule has 1 aromatic rings. The summed E-state index contributed by atoms with van der Waals surface area (Å²) < 4.78 is 36.9. The highest BCUT2D eigenvalue weighted by atomic mass is 16.7. The Bertz CT molecular complexity index is 1640. The summed E-state index contributed by atoms with van der Waals surface area (Å²) in [6.07, 6.45) is 9.96. The number of hydrogen-bond donors (Lipinski definition) is 4. The fourth-order valence-electron chi connectivity index (χ4n) is 12.6. The van der Waals surface area contributed by atoms with Crippen molar-refractivity contribution >= 4 is 12.0 Å². The van der Waals surface area contributed by atoms with E-state index in [-0.39, 0.29) is 23.0 Å². The maximum absolute atomic E-state index is 13.2. The Labute approximate surface area is 326 Å². The third-order valence-corrected chi connectivity index (χ3v) is 15.7. The van der Waals surface area contributed by atoms with E-state index in [9.17, 15) is 20.1 Å². The third-order valence-electron chi connectivity index (χ3n) is 15.7. The molecule has 0 radical (unpaired) electrons. The maximum atomic E-state index is 13.2. The number of ether oxygens (including phenoxy) is 6. The van der Waals surface area contributed by atoms with E-state index in [0.29, 0.717) is 52.6 Å². The van der Waals surface area contributed by atoms with Crippen LogP contribution in [0.5, 0.6) is 11.5 Å². The Morgan fingerprint density at radius 3 is 2.58 bits per heavy atom. The van der Waals surface area contributed by atoms with Gasteiger partial charge in [0, 0.05) is 30.0 Å². The predicted molar refractivity (Wildman–Crippen MR) is 205 cm³/mol. The molecule has 8 rings (SSSR count). The lowest BCUT2D eigenvalue weighted by Crippen LogP contribution is -2.65. The number of amides is 1. The zero-order valence-corrected chi connectivity index (χ0v) is 33.4. The van der Waals surface area contributed by atoms with E-state index in [4.69, 9.17) is 28.4 Å². The molecule has 7 aliphatic rings. The minimum Gasteiger partial charge on any atom is -0.497 e. The molecule has 16 atom stereocenters. The molecule has 11 nitrogen and oxygen atoms in total. The molecule has 1 amide bonds. The van der Waals surface area contributed by atoms with Crippen LogP contribution in [-0.2, 0) is 23.7 Å². The minimum atomic E-state index is -1.41. The monoisotopic (exact) mass is 765 g/mol. The molecular formula is C44H63NO10. The smallest absolute Gasteiger partial charge is 0.244 e. The summed E-state index contributed by atoms with van der Waals surface area (Å²) >= 11 is 0. The van der Waals surface area contributed by atoms with Gasteiger partial charge in [-0.25, -0.2) is 0 Å². The SMILES string of the molecule is COc1ccc(/C=C/C(=O)N[C@H]2[C@H](O[C@H]3CC[C@@]4(C)C(=CC[C@H]5[C@@H]6C[C@@H]7O[C@]8(CCC(C)CO8)[C@@H](C)[C@@H]7[C@@]6(C)CC[C@@H]54)C3)O[C@H](CO)[C@@H](O)[C@@H]2O)c(OC)c1. The highest BCUT2D eigenvalue weighted by Gasteiger charge is 2.68. The van der Waals surface area contributed by atoms with Crippen LogP contribution in [-0.4, -0.2) is 97.3 Å². The molecule has 0 bridgehead atoms. The fourth-order valence-corrected chi connectivity index (χ4v) is 12.6. The summed E-state index contributed by atoms with van der Waals surface area (Å²) in [5.74, 6) is 3.68. The van der Waals surface area contributed by atoms with Crippen LogP contribution >= 0.6 is 0 Å². The van der Waals surface area contributed by atoms with Crippen molar-refractivity contribution in [2.45, 2.75) is 134 Å². The van der Waals surface area contributed by atoms with Gasteiger partial charge in [0.15, 0.2) is 12.1 Å². The molecule has 55 heavy (non-hydrogen) atoms. The highest BCUT2D eigenvalue weighted by molar-refractivity contribution is 5.92. The van der Waals surface area contributed by atoms with E-state index in [1.165, 1.54) is 30.9 Å². The van der Waals surface area contributed by atoms with Gasteiger partial charge in [0.05, 0.1) is 39.6 Å². The molecule has 304 valence electrons. The average Bonchev–Trinajstić information content (AvgIpc) is 3.63. The molecule has 1 unspecified atom stereocenters. The molecule has 11 heteroatoms. The number of allylic oxidation sites excluding steroid dienone is 1. The second-order valence-corrected chi connectivity index (χ2v) is 18.5. The van der Waals surface area contributed by atoms with Gasteiger partial charge in [0.1, 0.15) is 35.9 Å². The van der Waals surface area contributed by atoms with Gasteiger partial charge in [-0.05, 0) is 110 Å². The van der Waals surface area contributed by atoms with Gasteiger partial charge in [-0.3, -0.25) is 4.79 Å². The van der Waals surface area contributed by atoms with E-state index in [2.05, 4.69) is 39.1 Å². The van der Waals surface area contributed by atoms with Crippen molar-refractivity contribution in [1.29, 1.82) is 0 Å². The first kappa shape index (κ1) is 39.3. The second-order valence-electron chi connectivity index (χ2n) is 18.5. The van der Waals surface area contributed by atoms with Gasteiger partial charge in [0.2, 0.25) is 5.91 Å². The topological polar surface area (TPSA) is 145 Å². The number of carbonyl (C=O) groups is 1. The van der Waals surface area contributed by atoms with Crippen molar-refractivity contribution in [2.24, 2.45) is 46.3 Å². The highest BCUT2D eigenvalue weighted by Crippen LogP contribution is 2.70. The lowest BCUT2D eigenvalue weighted by Gasteiger charge is -2.58. The fraction of sp³-hybridized carbons (Fsp3) is 0.750. The lowest BCUT2D eigenvalue weighted by atomic mass is 9.47. The quantitative estimate of drug-likeness (QED) is 0.201. The summed E-state index contributed by atoms with van der Waals surface area (Å²) in [4.78, 5) is 13.2. The number of aliphatic hydroxyl groups is 3. The van der Waals surface area contributed by atoms with Gasteiger partial charge < -0.3 is 49.1 Å². The van der Waals surface area contributed by atoms with Gasteiger partial charge in [-0.1, -0.05) is 39.3 Å². The van der Waals surface area contributed by atoms with Crippen molar-refractivity contribution in [2.75, 3.05) is 27.4 Å². The van der Waals surface area contributed by atoms with Gasteiger partial charge in [-0.15, -0.1) is 0 Å². The average molecular weight is 766 g/mol. The Morgan fingerprint density at radius 2 is 1.85 bits per heavy atom. The normalized spacial score (nSPS) is 46.3. The third kappa shape index (κ3) is 6.67. The Hall–Kier alpha value is -2.51. The van der Waals surface area contributed by atoms with E-state index >= 15 is 0 Å². The summed E-state index contributed by atoms with van der Waals surface area (Å²) in [7, 11) is 3.11. The molecule has 1 aromatic carbocycles. The largest absolute Gasteiger partial charge is 0.497 e. The van der Waals surface area contributed by atoms with E-state index in [1.807, 2.05) is 0 Å². The van der Waals surface area contributed by atoms with Crippen LogP contribution < -0.4 is 14.8 Å². The van der Waals surface area contributed by atoms with Gasteiger partial charge in [-0.2, -0.15) is 0 Å². The number of benzene rings is 1. The molecule has 4 N–H and O–H groups in total. The molecule has 3 aliphatic heterocycles.